The van der Waals surface area contributed by atoms with Gasteiger partial charge in [0.25, 0.3) is 0 Å². The molecule has 0 radical (unpaired) electrons. The molecule has 0 aromatic heterocycles. The minimum Gasteiger partial charge on any atom is -0.354 e. The molecule has 0 aliphatic heterocycles. The van der Waals surface area contributed by atoms with Crippen LogP contribution in [0.5, 0.6) is 0 Å². The molecule has 0 saturated heterocycles. The highest BCUT2D eigenvalue weighted by atomic mass is 19.1. The Balaban J connectivity index is 1.72. The third kappa shape index (κ3) is 7.89. The number of hydrogen-bond acceptors (Lipinski definition) is 2. The summed E-state index contributed by atoms with van der Waals surface area (Å²) in [6.07, 6.45) is 2.27. The van der Waals surface area contributed by atoms with Crippen LogP contribution < -0.4 is 5.32 Å². The molecular weight excluding hydrogens is 499 g/mol. The SMILES string of the molecule is CCCCNC(=O)[C@@H](Cc1ccccc1)N(Cc1ccccc1F)C(=O)CC(c1ccccc1)c1ccccc1. The molecule has 206 valence electrons. The van der Waals surface area contributed by atoms with Gasteiger partial charge >= 0.3 is 0 Å². The first-order valence-electron chi connectivity index (χ1n) is 14.0. The predicted molar refractivity (Wildman–Crippen MR) is 158 cm³/mol. The largest absolute Gasteiger partial charge is 0.354 e. The molecule has 5 heteroatoms. The maximum absolute atomic E-state index is 14.9. The normalized spacial score (nSPS) is 11.7. The Labute approximate surface area is 236 Å². The van der Waals surface area contributed by atoms with E-state index in [4.69, 9.17) is 0 Å². The van der Waals surface area contributed by atoms with Crippen molar-refractivity contribution in [3.63, 3.8) is 0 Å². The minimum atomic E-state index is -0.793. The molecule has 4 aromatic rings. The zero-order valence-corrected chi connectivity index (χ0v) is 23.0. The fourth-order valence-electron chi connectivity index (χ4n) is 4.96. The smallest absolute Gasteiger partial charge is 0.243 e. The Hall–Kier alpha value is -4.25. The van der Waals surface area contributed by atoms with Crippen molar-refractivity contribution in [2.24, 2.45) is 0 Å². The molecule has 4 rings (SSSR count). The molecule has 1 N–H and O–H groups in total. The lowest BCUT2D eigenvalue weighted by Gasteiger charge is -2.33. The van der Waals surface area contributed by atoms with Gasteiger partial charge in [-0.1, -0.05) is 123 Å². The van der Waals surface area contributed by atoms with Gasteiger partial charge in [-0.15, -0.1) is 0 Å². The maximum atomic E-state index is 14.9. The van der Waals surface area contributed by atoms with Crippen LogP contribution in [0.15, 0.2) is 115 Å². The van der Waals surface area contributed by atoms with Gasteiger partial charge in [0, 0.05) is 37.4 Å². The van der Waals surface area contributed by atoms with E-state index in [0.29, 0.717) is 18.5 Å². The van der Waals surface area contributed by atoms with Crippen LogP contribution in [-0.4, -0.2) is 29.3 Å². The fraction of sp³-hybridized carbons (Fsp3) is 0.257. The maximum Gasteiger partial charge on any atom is 0.243 e. The van der Waals surface area contributed by atoms with Crippen molar-refractivity contribution in [1.82, 2.24) is 10.2 Å². The van der Waals surface area contributed by atoms with Crippen molar-refractivity contribution in [3.05, 3.63) is 143 Å². The molecule has 0 spiro atoms. The molecule has 2 amide bonds. The van der Waals surface area contributed by atoms with Gasteiger partial charge < -0.3 is 10.2 Å². The van der Waals surface area contributed by atoms with Gasteiger partial charge in [-0.05, 0) is 29.2 Å². The lowest BCUT2D eigenvalue weighted by atomic mass is 9.87. The predicted octanol–water partition coefficient (Wildman–Crippen LogP) is 6.90. The number of amides is 2. The monoisotopic (exact) mass is 536 g/mol. The van der Waals surface area contributed by atoms with Gasteiger partial charge in [0.15, 0.2) is 0 Å². The molecule has 0 bridgehead atoms. The van der Waals surface area contributed by atoms with Crippen LogP contribution in [0.4, 0.5) is 4.39 Å². The number of hydrogen-bond donors (Lipinski definition) is 1. The first kappa shape index (κ1) is 28.8. The second-order valence-corrected chi connectivity index (χ2v) is 10.0. The number of carbonyl (C=O) groups excluding carboxylic acids is 2. The molecular formula is C35H37FN2O2. The van der Waals surface area contributed by atoms with Gasteiger partial charge in [-0.25, -0.2) is 4.39 Å². The third-order valence-corrected chi connectivity index (χ3v) is 7.18. The second-order valence-electron chi connectivity index (χ2n) is 10.0. The van der Waals surface area contributed by atoms with E-state index >= 15 is 0 Å². The molecule has 0 unspecified atom stereocenters. The first-order chi connectivity index (χ1) is 19.6. The van der Waals surface area contributed by atoms with Gasteiger partial charge in [-0.2, -0.15) is 0 Å². The third-order valence-electron chi connectivity index (χ3n) is 7.18. The van der Waals surface area contributed by atoms with Gasteiger partial charge in [-0.3, -0.25) is 9.59 Å². The number of benzene rings is 4. The summed E-state index contributed by atoms with van der Waals surface area (Å²) in [5.74, 6) is -1.03. The molecule has 0 aliphatic carbocycles. The molecule has 0 aliphatic rings. The Kier molecular flexibility index (Phi) is 10.6. The molecule has 0 heterocycles. The molecule has 4 nitrogen and oxygen atoms in total. The van der Waals surface area contributed by atoms with Crippen LogP contribution in [0, 0.1) is 5.82 Å². The number of nitrogens with one attached hydrogen (secondary N) is 1. The Morgan fingerprint density at radius 3 is 1.90 bits per heavy atom. The van der Waals surface area contributed by atoms with E-state index in [2.05, 4.69) is 12.2 Å². The highest BCUT2D eigenvalue weighted by molar-refractivity contribution is 5.88. The van der Waals surface area contributed by atoms with Gasteiger partial charge in [0.2, 0.25) is 11.8 Å². The van der Waals surface area contributed by atoms with Crippen LogP contribution in [0.2, 0.25) is 0 Å². The summed E-state index contributed by atoms with van der Waals surface area (Å²) in [5, 5.41) is 3.03. The van der Waals surface area contributed by atoms with Crippen molar-refractivity contribution in [3.8, 4) is 0 Å². The quantitative estimate of drug-likeness (QED) is 0.189. The lowest BCUT2D eigenvalue weighted by molar-refractivity contribution is -0.141. The van der Waals surface area contributed by atoms with Crippen molar-refractivity contribution in [2.45, 2.75) is 51.1 Å². The molecule has 0 saturated carbocycles. The summed E-state index contributed by atoms with van der Waals surface area (Å²) >= 11 is 0. The van der Waals surface area contributed by atoms with Crippen LogP contribution in [0.1, 0.15) is 54.4 Å². The summed E-state index contributed by atoms with van der Waals surface area (Å²) in [6, 6.07) is 35.2. The average molecular weight is 537 g/mol. The van der Waals surface area contributed by atoms with E-state index < -0.39 is 11.9 Å². The number of halogens is 1. The fourth-order valence-corrected chi connectivity index (χ4v) is 4.96. The summed E-state index contributed by atoms with van der Waals surface area (Å²) in [5.41, 5.74) is 3.35. The van der Waals surface area contributed by atoms with Gasteiger partial charge in [0.05, 0.1) is 0 Å². The minimum absolute atomic E-state index is 0.000500. The number of nitrogens with zero attached hydrogens (tertiary/aromatic N) is 1. The summed E-state index contributed by atoms with van der Waals surface area (Å²) < 4.78 is 14.9. The molecule has 0 fully saturated rings. The average Bonchev–Trinajstić information content (AvgIpc) is 3.00. The first-order valence-corrected chi connectivity index (χ1v) is 14.0. The Morgan fingerprint density at radius 1 is 0.775 bits per heavy atom. The van der Waals surface area contributed by atoms with Crippen molar-refractivity contribution < 1.29 is 14.0 Å². The van der Waals surface area contributed by atoms with Crippen molar-refractivity contribution in [2.75, 3.05) is 6.54 Å². The number of unbranched alkanes of at least 4 members (excludes halogenated alkanes) is 1. The van der Waals surface area contributed by atoms with E-state index in [1.807, 2.05) is 91.0 Å². The van der Waals surface area contributed by atoms with Crippen molar-refractivity contribution in [1.29, 1.82) is 0 Å². The van der Waals surface area contributed by atoms with Crippen LogP contribution in [0.3, 0.4) is 0 Å². The Bertz CT molecular complexity index is 1310. The summed E-state index contributed by atoms with van der Waals surface area (Å²) in [6.45, 7) is 2.59. The van der Waals surface area contributed by atoms with Gasteiger partial charge in [0.1, 0.15) is 11.9 Å². The van der Waals surface area contributed by atoms with Crippen LogP contribution >= 0.6 is 0 Å². The van der Waals surface area contributed by atoms with E-state index in [1.165, 1.54) is 6.07 Å². The highest BCUT2D eigenvalue weighted by Gasteiger charge is 2.32. The lowest BCUT2D eigenvalue weighted by Crippen LogP contribution is -2.51. The van der Waals surface area contributed by atoms with Crippen LogP contribution in [-0.2, 0) is 22.6 Å². The van der Waals surface area contributed by atoms with E-state index in [-0.39, 0.29) is 30.7 Å². The standard InChI is InChI=1S/C35H37FN2O2/c1-2-3-23-37-35(40)33(24-27-15-7-4-8-16-27)38(26-30-21-13-14-22-32(30)36)34(39)25-31(28-17-9-5-10-18-28)29-19-11-6-12-20-29/h4-22,31,33H,2-3,23-26H2,1H3,(H,37,40)/t33-/m1/s1. The van der Waals surface area contributed by atoms with E-state index in [9.17, 15) is 14.0 Å². The van der Waals surface area contributed by atoms with Crippen LogP contribution in [0.25, 0.3) is 0 Å². The summed E-state index contributed by atoms with van der Waals surface area (Å²) in [7, 11) is 0. The number of carbonyl (C=O) groups is 2. The zero-order chi connectivity index (χ0) is 28.2. The molecule has 4 aromatic carbocycles. The zero-order valence-electron chi connectivity index (χ0n) is 23.0. The van der Waals surface area contributed by atoms with Crippen molar-refractivity contribution >= 4 is 11.8 Å². The second kappa shape index (κ2) is 14.8. The highest BCUT2D eigenvalue weighted by Crippen LogP contribution is 2.30. The molecule has 1 atom stereocenters. The number of rotatable bonds is 13. The summed E-state index contributed by atoms with van der Waals surface area (Å²) in [4.78, 5) is 29.6. The topological polar surface area (TPSA) is 49.4 Å². The van der Waals surface area contributed by atoms with E-state index in [1.54, 1.807) is 23.1 Å². The molecule has 40 heavy (non-hydrogen) atoms. The Morgan fingerprint density at radius 2 is 1.32 bits per heavy atom. The van der Waals surface area contributed by atoms with E-state index in [0.717, 1.165) is 29.5 Å².